The second-order valence-electron chi connectivity index (χ2n) is 3.89. The zero-order chi connectivity index (χ0) is 9.97. The van der Waals surface area contributed by atoms with E-state index in [4.69, 9.17) is 5.73 Å². The summed E-state index contributed by atoms with van der Waals surface area (Å²) >= 11 is 3.57. The van der Waals surface area contributed by atoms with E-state index in [1.807, 2.05) is 18.7 Å². The van der Waals surface area contributed by atoms with Crippen LogP contribution in [0.5, 0.6) is 0 Å². The lowest BCUT2D eigenvalue weighted by Crippen LogP contribution is -1.95. The van der Waals surface area contributed by atoms with E-state index in [0.717, 1.165) is 11.6 Å². The van der Waals surface area contributed by atoms with Gasteiger partial charge in [-0.3, -0.25) is 0 Å². The van der Waals surface area contributed by atoms with Crippen molar-refractivity contribution in [1.29, 1.82) is 0 Å². The molecule has 1 aromatic rings. The maximum atomic E-state index is 5.66. The fraction of sp³-hybridized carbons (Fsp3) is 0.700. The number of aromatic nitrogens is 1. The van der Waals surface area contributed by atoms with Gasteiger partial charge in [0.2, 0.25) is 0 Å². The van der Waals surface area contributed by atoms with Gasteiger partial charge < -0.3 is 5.73 Å². The molecule has 0 spiro atoms. The molecule has 1 aliphatic carbocycles. The van der Waals surface area contributed by atoms with Crippen molar-refractivity contribution in [2.24, 2.45) is 5.92 Å². The first-order valence-electron chi connectivity index (χ1n) is 5.11. The summed E-state index contributed by atoms with van der Waals surface area (Å²) in [5.41, 5.74) is 6.76. The smallest absolute Gasteiger partial charge is 0.181 e. The van der Waals surface area contributed by atoms with Gasteiger partial charge >= 0.3 is 0 Å². The van der Waals surface area contributed by atoms with Crippen molar-refractivity contribution < 1.29 is 0 Å². The van der Waals surface area contributed by atoms with Gasteiger partial charge in [0.05, 0.1) is 9.90 Å². The van der Waals surface area contributed by atoms with Gasteiger partial charge in [-0.05, 0) is 25.7 Å². The van der Waals surface area contributed by atoms with Crippen LogP contribution in [0.1, 0.15) is 31.4 Å². The Kier molecular flexibility index (Phi) is 3.34. The second-order valence-corrected chi connectivity index (χ2v) is 6.21. The van der Waals surface area contributed by atoms with Crippen molar-refractivity contribution in [3.05, 3.63) is 5.69 Å². The molecule has 1 fully saturated rings. The summed E-state index contributed by atoms with van der Waals surface area (Å²) in [6.07, 6.45) is 5.69. The first kappa shape index (κ1) is 10.3. The lowest BCUT2D eigenvalue weighted by molar-refractivity contribution is 0.623. The molecule has 1 aromatic heterocycles. The Balaban J connectivity index is 1.87. The molecule has 2 N–H and O–H groups in total. The quantitative estimate of drug-likeness (QED) is 0.807. The number of nitrogen functional groups attached to an aromatic ring is 1. The van der Waals surface area contributed by atoms with Crippen LogP contribution in [0.2, 0.25) is 0 Å². The standard InChI is InChI=1S/C10H16N2S2/c1-7-9(14-10(11)12-7)13-6-8-4-2-3-5-8/h8H,2-6H2,1H3,(H2,11,12). The van der Waals surface area contributed by atoms with Crippen molar-refractivity contribution in [3.8, 4) is 0 Å². The number of hydrogen-bond donors (Lipinski definition) is 1. The second kappa shape index (κ2) is 4.53. The highest BCUT2D eigenvalue weighted by Gasteiger charge is 2.16. The molecule has 1 heterocycles. The van der Waals surface area contributed by atoms with E-state index in [2.05, 4.69) is 4.98 Å². The first-order valence-corrected chi connectivity index (χ1v) is 6.91. The maximum Gasteiger partial charge on any atom is 0.181 e. The van der Waals surface area contributed by atoms with E-state index in [0.29, 0.717) is 5.13 Å². The molecule has 1 saturated carbocycles. The number of rotatable bonds is 3. The van der Waals surface area contributed by atoms with Gasteiger partial charge in [-0.2, -0.15) is 0 Å². The maximum absolute atomic E-state index is 5.66. The van der Waals surface area contributed by atoms with E-state index in [9.17, 15) is 0 Å². The van der Waals surface area contributed by atoms with E-state index >= 15 is 0 Å². The molecule has 0 radical (unpaired) electrons. The topological polar surface area (TPSA) is 38.9 Å². The highest BCUT2D eigenvalue weighted by atomic mass is 32.2. The lowest BCUT2D eigenvalue weighted by atomic mass is 10.1. The zero-order valence-electron chi connectivity index (χ0n) is 8.45. The first-order chi connectivity index (χ1) is 6.75. The highest BCUT2D eigenvalue weighted by Crippen LogP contribution is 2.35. The van der Waals surface area contributed by atoms with Crippen LogP contribution >= 0.6 is 23.1 Å². The van der Waals surface area contributed by atoms with Crippen LogP contribution in [-0.2, 0) is 0 Å². The molecule has 0 atom stereocenters. The predicted molar refractivity (Wildman–Crippen MR) is 63.9 cm³/mol. The molecule has 0 unspecified atom stereocenters. The SMILES string of the molecule is Cc1nc(N)sc1SCC1CCCC1. The predicted octanol–water partition coefficient (Wildman–Crippen LogP) is 3.32. The fourth-order valence-corrected chi connectivity index (χ4v) is 4.14. The Morgan fingerprint density at radius 1 is 1.50 bits per heavy atom. The summed E-state index contributed by atoms with van der Waals surface area (Å²) in [5, 5.41) is 0.705. The monoisotopic (exact) mass is 228 g/mol. The van der Waals surface area contributed by atoms with Gasteiger partial charge in [-0.1, -0.05) is 24.2 Å². The summed E-state index contributed by atoms with van der Waals surface area (Å²) < 4.78 is 1.31. The Morgan fingerprint density at radius 2 is 2.21 bits per heavy atom. The average molecular weight is 228 g/mol. The number of anilines is 1. The molecule has 0 saturated heterocycles. The number of nitrogens with zero attached hydrogens (tertiary/aromatic N) is 1. The van der Waals surface area contributed by atoms with Gasteiger partial charge in [0.15, 0.2) is 5.13 Å². The minimum atomic E-state index is 0.705. The third-order valence-electron chi connectivity index (χ3n) is 2.70. The van der Waals surface area contributed by atoms with E-state index in [1.54, 1.807) is 11.3 Å². The number of thioether (sulfide) groups is 1. The van der Waals surface area contributed by atoms with E-state index in [1.165, 1.54) is 35.6 Å². The van der Waals surface area contributed by atoms with E-state index < -0.39 is 0 Å². The average Bonchev–Trinajstić information content (AvgIpc) is 2.72. The van der Waals surface area contributed by atoms with Gasteiger partial charge in [-0.15, -0.1) is 11.8 Å². The zero-order valence-corrected chi connectivity index (χ0v) is 10.1. The molecule has 0 aliphatic heterocycles. The molecular weight excluding hydrogens is 212 g/mol. The minimum absolute atomic E-state index is 0.705. The van der Waals surface area contributed by atoms with Crippen molar-refractivity contribution in [2.45, 2.75) is 36.8 Å². The fourth-order valence-electron chi connectivity index (χ4n) is 1.91. The molecule has 2 rings (SSSR count). The lowest BCUT2D eigenvalue weighted by Gasteiger charge is -2.06. The normalized spacial score (nSPS) is 17.8. The van der Waals surface area contributed by atoms with Gasteiger partial charge in [0.1, 0.15) is 0 Å². The Bertz CT molecular complexity index is 303. The van der Waals surface area contributed by atoms with Crippen molar-refractivity contribution in [1.82, 2.24) is 4.98 Å². The van der Waals surface area contributed by atoms with Crippen LogP contribution in [0.25, 0.3) is 0 Å². The molecule has 4 heteroatoms. The molecule has 14 heavy (non-hydrogen) atoms. The summed E-state index contributed by atoms with van der Waals surface area (Å²) in [5.74, 6) is 2.19. The minimum Gasteiger partial charge on any atom is -0.375 e. The molecule has 2 nitrogen and oxygen atoms in total. The number of nitrogens with two attached hydrogens (primary N) is 1. The molecule has 0 amide bonds. The molecular formula is C10H16N2S2. The van der Waals surface area contributed by atoms with Crippen molar-refractivity contribution >= 4 is 28.2 Å². The van der Waals surface area contributed by atoms with E-state index in [-0.39, 0.29) is 0 Å². The van der Waals surface area contributed by atoms with Crippen molar-refractivity contribution in [2.75, 3.05) is 11.5 Å². The third-order valence-corrected chi connectivity index (χ3v) is 5.28. The van der Waals surface area contributed by atoms with Gasteiger partial charge in [-0.25, -0.2) is 4.98 Å². The van der Waals surface area contributed by atoms with Crippen LogP contribution in [0.15, 0.2) is 4.21 Å². The highest BCUT2D eigenvalue weighted by molar-refractivity contribution is 8.01. The Labute approximate surface area is 93.3 Å². The van der Waals surface area contributed by atoms with Crippen LogP contribution in [0.4, 0.5) is 5.13 Å². The summed E-state index contributed by atoms with van der Waals surface area (Å²) in [7, 11) is 0. The number of thiazole rings is 1. The van der Waals surface area contributed by atoms with Gasteiger partial charge in [0.25, 0.3) is 0 Å². The van der Waals surface area contributed by atoms with Crippen LogP contribution in [0.3, 0.4) is 0 Å². The molecule has 0 aromatic carbocycles. The molecule has 1 aliphatic rings. The largest absolute Gasteiger partial charge is 0.375 e. The summed E-state index contributed by atoms with van der Waals surface area (Å²) in [4.78, 5) is 4.23. The third kappa shape index (κ3) is 2.42. The molecule has 78 valence electrons. The number of hydrogen-bond acceptors (Lipinski definition) is 4. The van der Waals surface area contributed by atoms with Crippen LogP contribution in [-0.4, -0.2) is 10.7 Å². The summed E-state index contributed by atoms with van der Waals surface area (Å²) in [6.45, 7) is 2.05. The Hall–Kier alpha value is -0.220. The van der Waals surface area contributed by atoms with Crippen LogP contribution in [0, 0.1) is 12.8 Å². The van der Waals surface area contributed by atoms with Crippen LogP contribution < -0.4 is 5.73 Å². The summed E-state index contributed by atoms with van der Waals surface area (Å²) in [6, 6.07) is 0. The van der Waals surface area contributed by atoms with Crippen molar-refractivity contribution in [3.63, 3.8) is 0 Å². The van der Waals surface area contributed by atoms with Gasteiger partial charge in [0, 0.05) is 5.75 Å². The Morgan fingerprint density at radius 3 is 2.79 bits per heavy atom. The molecule has 0 bridgehead atoms. The number of aryl methyl sites for hydroxylation is 1.